The van der Waals surface area contributed by atoms with Gasteiger partial charge in [0.15, 0.2) is 0 Å². The molecule has 9 nitrogen and oxygen atoms in total. The third-order valence-corrected chi connectivity index (χ3v) is 10.2. The number of benzene rings is 4. The summed E-state index contributed by atoms with van der Waals surface area (Å²) < 4.78 is 16.9. The number of esters is 1. The molecule has 2 saturated carbocycles. The molecule has 2 aliphatic rings. The summed E-state index contributed by atoms with van der Waals surface area (Å²) in [6.07, 6.45) is 1.59. The number of halogens is 2. The summed E-state index contributed by atoms with van der Waals surface area (Å²) in [5.41, 5.74) is 0.754. The lowest BCUT2D eigenvalue weighted by Crippen LogP contribution is -2.14. The summed E-state index contributed by atoms with van der Waals surface area (Å²) in [7, 11) is 0. The Morgan fingerprint density at radius 2 is 1.16 bits per heavy atom. The van der Waals surface area contributed by atoms with Gasteiger partial charge < -0.3 is 24.4 Å². The number of para-hydroxylation sites is 2. The van der Waals surface area contributed by atoms with E-state index in [1.807, 2.05) is 101 Å². The van der Waals surface area contributed by atoms with Gasteiger partial charge in [-0.2, -0.15) is 5.26 Å². The van der Waals surface area contributed by atoms with E-state index in [1.54, 1.807) is 62.4 Å². The lowest BCUT2D eigenvalue weighted by atomic mass is 10.1. The van der Waals surface area contributed by atoms with Gasteiger partial charge in [0.2, 0.25) is 6.10 Å². The molecule has 4 aromatic carbocycles. The Morgan fingerprint density at radius 3 is 1.58 bits per heavy atom. The van der Waals surface area contributed by atoms with Crippen LogP contribution >= 0.6 is 23.2 Å². The van der Waals surface area contributed by atoms with Gasteiger partial charge in [0.1, 0.15) is 29.1 Å². The largest absolute Gasteiger partial charge is 0.481 e. The van der Waals surface area contributed by atoms with Crippen LogP contribution < -0.4 is 9.47 Å². The van der Waals surface area contributed by atoms with Crippen LogP contribution in [0, 0.1) is 52.4 Å². The fraction of sp³-hybridized carbons (Fsp3) is 0.304. The van der Waals surface area contributed by atoms with Crippen LogP contribution in [0.3, 0.4) is 0 Å². The van der Waals surface area contributed by atoms with Gasteiger partial charge >= 0.3 is 18.2 Å². The minimum absolute atomic E-state index is 0.0181. The van der Waals surface area contributed by atoms with Crippen molar-refractivity contribution < 1.29 is 34.0 Å². The molecule has 57 heavy (non-hydrogen) atoms. The zero-order valence-electron chi connectivity index (χ0n) is 32.6. The highest BCUT2D eigenvalue weighted by molar-refractivity contribution is 6.29. The Hall–Kier alpha value is -5.58. The summed E-state index contributed by atoms with van der Waals surface area (Å²) in [4.78, 5) is 26.4. The van der Waals surface area contributed by atoms with Crippen LogP contribution in [0.1, 0.15) is 65.0 Å². The van der Waals surface area contributed by atoms with Crippen LogP contribution in [0.15, 0.2) is 131 Å². The first kappa shape index (κ1) is 44.1. The molecule has 0 heterocycles. The number of carboxylic acid groups (broad SMARTS) is 1. The van der Waals surface area contributed by atoms with Crippen molar-refractivity contribution in [1.29, 1.82) is 5.26 Å². The lowest BCUT2D eigenvalue weighted by Gasteiger charge is -2.13. The van der Waals surface area contributed by atoms with E-state index in [0.29, 0.717) is 38.4 Å². The molecule has 0 radical (unpaired) electrons. The van der Waals surface area contributed by atoms with E-state index < -0.39 is 18.3 Å². The van der Waals surface area contributed by atoms with E-state index in [1.165, 1.54) is 0 Å². The smallest absolute Gasteiger partial charge is 0.352 e. The molecule has 0 aliphatic heterocycles. The van der Waals surface area contributed by atoms with Gasteiger partial charge in [-0.3, -0.25) is 14.4 Å². The van der Waals surface area contributed by atoms with Crippen molar-refractivity contribution >= 4 is 35.1 Å². The predicted octanol–water partition coefficient (Wildman–Crippen LogP) is 11.9. The van der Waals surface area contributed by atoms with E-state index in [4.69, 9.17) is 49.1 Å². The van der Waals surface area contributed by atoms with Gasteiger partial charge in [0.05, 0.1) is 17.4 Å². The average Bonchev–Trinajstić information content (AvgIpc) is 3.94. The molecule has 0 amide bonds. The molecule has 296 valence electrons. The molecular formula is C46H46Cl2N2O7. The third kappa shape index (κ3) is 12.2. The molecule has 2 N–H and O–H groups in total. The van der Waals surface area contributed by atoms with Gasteiger partial charge in [-0.15, -0.1) is 0 Å². The van der Waals surface area contributed by atoms with Gasteiger partial charge in [-0.05, 0) is 91.1 Å². The second kappa shape index (κ2) is 19.5. The number of hydrogen-bond acceptors (Lipinski definition) is 7. The normalized spacial score (nSPS) is 20.9. The predicted molar refractivity (Wildman–Crippen MR) is 220 cm³/mol. The minimum Gasteiger partial charge on any atom is -0.481 e. The van der Waals surface area contributed by atoms with Crippen LogP contribution in [0.5, 0.6) is 23.0 Å². The quantitative estimate of drug-likeness (QED) is 0.113. The van der Waals surface area contributed by atoms with E-state index in [-0.39, 0.29) is 40.5 Å². The van der Waals surface area contributed by atoms with Gasteiger partial charge in [0, 0.05) is 15.6 Å². The molecule has 11 heteroatoms. The number of rotatable bonds is 11. The topological polar surface area (TPSA) is 130 Å². The second-order valence-corrected chi connectivity index (χ2v) is 16.1. The number of allylic oxidation sites excluding steroid dienone is 4. The Labute approximate surface area is 344 Å². The number of carboxylic acids is 1. The first-order chi connectivity index (χ1) is 27.0. The Morgan fingerprint density at radius 1 is 0.737 bits per heavy atom. The van der Waals surface area contributed by atoms with Gasteiger partial charge in [0.25, 0.3) is 0 Å². The van der Waals surface area contributed by atoms with Crippen LogP contribution in [-0.2, 0) is 14.3 Å². The highest BCUT2D eigenvalue weighted by atomic mass is 35.5. The van der Waals surface area contributed by atoms with Gasteiger partial charge in [-0.25, -0.2) is 6.57 Å². The number of carbonyl (C=O) groups excluding carboxylic acids is 1. The lowest BCUT2D eigenvalue weighted by molar-refractivity contribution is -0.149. The van der Waals surface area contributed by atoms with Crippen molar-refractivity contribution in [2.75, 3.05) is 0 Å². The van der Waals surface area contributed by atoms with Crippen LogP contribution in [-0.4, -0.2) is 22.2 Å². The van der Waals surface area contributed by atoms with Crippen molar-refractivity contribution in [3.05, 3.63) is 154 Å². The number of nitrogens with zero attached hydrogens (tertiary/aromatic N) is 2. The van der Waals surface area contributed by atoms with E-state index in [2.05, 4.69) is 10.9 Å². The number of hydrogen-bond donors (Lipinski definition) is 2. The van der Waals surface area contributed by atoms with Crippen molar-refractivity contribution in [2.45, 2.75) is 53.9 Å². The van der Waals surface area contributed by atoms with Crippen molar-refractivity contribution in [3.63, 3.8) is 0 Å². The Kier molecular flexibility index (Phi) is 15.1. The highest BCUT2D eigenvalue weighted by Crippen LogP contribution is 2.60. The molecule has 0 saturated heterocycles. The number of ether oxygens (including phenoxy) is 3. The fourth-order valence-corrected chi connectivity index (χ4v) is 6.83. The zero-order valence-corrected chi connectivity index (χ0v) is 34.1. The molecule has 6 rings (SSSR count). The number of aliphatic carboxylic acids is 1. The fourth-order valence-electron chi connectivity index (χ4n) is 6.56. The van der Waals surface area contributed by atoms with E-state index in [9.17, 15) is 20.0 Å². The summed E-state index contributed by atoms with van der Waals surface area (Å²) >= 11 is 11.6. The molecule has 0 spiro atoms. The highest BCUT2D eigenvalue weighted by Gasteiger charge is 2.62. The number of aliphatic hydroxyl groups excluding tert-OH is 1. The molecule has 2 unspecified atom stereocenters. The maximum atomic E-state index is 12.7. The van der Waals surface area contributed by atoms with Crippen molar-refractivity contribution in [1.82, 2.24) is 0 Å². The van der Waals surface area contributed by atoms with Gasteiger partial charge in [-0.1, -0.05) is 118 Å². The first-order valence-corrected chi connectivity index (χ1v) is 19.0. The van der Waals surface area contributed by atoms with Crippen molar-refractivity contribution in [3.8, 4) is 29.1 Å². The minimum atomic E-state index is -1.13. The second-order valence-electron chi connectivity index (χ2n) is 14.9. The third-order valence-electron chi connectivity index (χ3n) is 9.91. The maximum absolute atomic E-state index is 12.7. The summed E-state index contributed by atoms with van der Waals surface area (Å²) in [5, 5.41) is 29.1. The van der Waals surface area contributed by atoms with Crippen LogP contribution in [0.4, 0.5) is 0 Å². The summed E-state index contributed by atoms with van der Waals surface area (Å²) in [6, 6.07) is 34.7. The number of nitriles is 1. The standard InChI is InChI=1S/C23H22ClNO3.C14H11NO2.C9H13ClO2/c1-15(24)12-19-21(23(19,2)3)22(26)28-20(14-25)16-8-7-11-18(13-16)27-17-9-5-4-6-10-17;1-15-14(16)11-6-5-9-13(10-11)17-12-7-3-2-4-8-12;1-5(10)4-6-7(8(11)12)9(6,2)3/h4-13,19-21H,1-3H3;2-10,14,16H;4,6-7H,1-3H3,(H,11,12)/b15-12-;;5-4-/t19-,20?,21-;;6-,7-/m1.1/s1. The maximum Gasteiger partial charge on any atom is 0.352 e. The molecule has 2 fully saturated rings. The number of carbonyl (C=O) groups is 2. The van der Waals surface area contributed by atoms with Crippen LogP contribution in [0.25, 0.3) is 4.85 Å². The summed E-state index contributed by atoms with van der Waals surface area (Å²) in [5.74, 6) is 1.05. The molecule has 6 atom stereocenters. The Balaban J connectivity index is 0.000000210. The molecular weight excluding hydrogens is 763 g/mol. The average molecular weight is 810 g/mol. The first-order valence-electron chi connectivity index (χ1n) is 18.2. The molecule has 2 aliphatic carbocycles. The monoisotopic (exact) mass is 808 g/mol. The SMILES string of the molecule is C/C(Cl)=C/[C@@H]1[C@H](C(=O)O)C1(C)C.C/C(Cl)=C/[C@@H]1[C@H](C(=O)OC(C#N)c2cccc(Oc3ccccc3)c2)C1(C)C.[C-]#[N+]C(O)c1cccc(Oc2ccccc2)c1. The molecule has 0 aromatic heterocycles. The number of aliphatic hydroxyl groups is 1. The Bertz CT molecular complexity index is 2150. The van der Waals surface area contributed by atoms with Crippen molar-refractivity contribution in [2.24, 2.45) is 34.5 Å². The van der Waals surface area contributed by atoms with Crippen LogP contribution in [0.2, 0.25) is 0 Å². The van der Waals surface area contributed by atoms with E-state index >= 15 is 0 Å². The molecule has 0 bridgehead atoms. The van der Waals surface area contributed by atoms with E-state index in [0.717, 1.165) is 5.75 Å². The molecule has 4 aromatic rings. The zero-order chi connectivity index (χ0) is 41.9. The summed E-state index contributed by atoms with van der Waals surface area (Å²) in [6.45, 7) is 18.2.